The van der Waals surface area contributed by atoms with Gasteiger partial charge in [-0.1, -0.05) is 68.8 Å². The van der Waals surface area contributed by atoms with Gasteiger partial charge in [0.15, 0.2) is 0 Å². The second kappa shape index (κ2) is 9.80. The number of carbonyl (C=O) groups is 2. The van der Waals surface area contributed by atoms with Crippen LogP contribution in [0.15, 0.2) is 72.8 Å². The zero-order valence-corrected chi connectivity index (χ0v) is 18.8. The summed E-state index contributed by atoms with van der Waals surface area (Å²) in [6.07, 6.45) is 0.882. The molecule has 2 N–H and O–H groups in total. The molecule has 5 heteroatoms. The lowest BCUT2D eigenvalue weighted by atomic mass is 9.87. The molecule has 0 aliphatic heterocycles. The lowest BCUT2D eigenvalue weighted by Gasteiger charge is -2.19. The predicted molar refractivity (Wildman–Crippen MR) is 128 cm³/mol. The van der Waals surface area contributed by atoms with Crippen LogP contribution < -0.4 is 10.6 Å². The molecule has 3 aromatic rings. The number of nitrogens with one attached hydrogen (secondary N) is 2. The van der Waals surface area contributed by atoms with Crippen LogP contribution in [0.5, 0.6) is 0 Å². The van der Waals surface area contributed by atoms with E-state index in [1.807, 2.05) is 48.5 Å². The van der Waals surface area contributed by atoms with Crippen molar-refractivity contribution in [3.8, 4) is 0 Å². The number of halogens is 1. The van der Waals surface area contributed by atoms with Gasteiger partial charge in [-0.05, 0) is 59.4 Å². The molecule has 2 amide bonds. The molecular weight excluding hydrogens is 408 g/mol. The molecule has 3 aromatic carbocycles. The van der Waals surface area contributed by atoms with Crippen LogP contribution in [0.4, 0.5) is 11.4 Å². The van der Waals surface area contributed by atoms with Crippen molar-refractivity contribution in [2.75, 3.05) is 10.6 Å². The smallest absolute Gasteiger partial charge is 0.255 e. The Bertz CT molecular complexity index is 1070. The largest absolute Gasteiger partial charge is 0.326 e. The number of anilines is 2. The van der Waals surface area contributed by atoms with Crippen LogP contribution in [0.1, 0.15) is 48.7 Å². The minimum atomic E-state index is -0.192. The van der Waals surface area contributed by atoms with E-state index in [9.17, 15) is 9.59 Å². The van der Waals surface area contributed by atoms with Crippen molar-refractivity contribution in [3.63, 3.8) is 0 Å². The number of aryl methyl sites for hydroxylation is 1. The highest BCUT2D eigenvalue weighted by Gasteiger charge is 2.14. The molecule has 0 saturated heterocycles. The van der Waals surface area contributed by atoms with Crippen LogP contribution in [0.2, 0.25) is 5.02 Å². The summed E-state index contributed by atoms with van der Waals surface area (Å²) in [6, 6.07) is 22.2. The van der Waals surface area contributed by atoms with Crippen LogP contribution in [0.3, 0.4) is 0 Å². The predicted octanol–water partition coefficient (Wildman–Crippen LogP) is 6.46. The summed E-state index contributed by atoms with van der Waals surface area (Å²) in [4.78, 5) is 24.9. The quantitative estimate of drug-likeness (QED) is 0.467. The standard InChI is InChI=1S/C26H27ClN2O2/c1-26(2,3)20-14-11-19(12-15-20)25(31)29-22-9-6-8-21(17-22)28-24(30)16-13-18-7-4-5-10-23(18)27/h4-12,14-15,17H,13,16H2,1-3H3,(H,28,30)(H,29,31). The Kier molecular flexibility index (Phi) is 7.13. The average molecular weight is 435 g/mol. The molecule has 0 atom stereocenters. The maximum absolute atomic E-state index is 12.6. The Morgan fingerprint density at radius 2 is 1.48 bits per heavy atom. The first-order valence-corrected chi connectivity index (χ1v) is 10.7. The highest BCUT2D eigenvalue weighted by molar-refractivity contribution is 6.31. The maximum Gasteiger partial charge on any atom is 0.255 e. The molecule has 0 heterocycles. The molecular formula is C26H27ClN2O2. The lowest BCUT2D eigenvalue weighted by Crippen LogP contribution is -2.15. The summed E-state index contributed by atoms with van der Waals surface area (Å²) >= 11 is 6.15. The number of rotatable bonds is 6. The number of benzene rings is 3. The summed E-state index contributed by atoms with van der Waals surface area (Å²) in [5.74, 6) is -0.302. The van der Waals surface area contributed by atoms with Crippen molar-refractivity contribution >= 4 is 34.8 Å². The molecule has 3 rings (SSSR count). The van der Waals surface area contributed by atoms with Crippen LogP contribution >= 0.6 is 11.6 Å². The normalized spacial score (nSPS) is 11.1. The molecule has 31 heavy (non-hydrogen) atoms. The van der Waals surface area contributed by atoms with Crippen LogP contribution in [0.25, 0.3) is 0 Å². The molecule has 0 aliphatic carbocycles. The second-order valence-electron chi connectivity index (χ2n) is 8.50. The fraction of sp³-hybridized carbons (Fsp3) is 0.231. The van der Waals surface area contributed by atoms with Gasteiger partial charge in [0.2, 0.25) is 5.91 Å². The SMILES string of the molecule is CC(C)(C)c1ccc(C(=O)Nc2cccc(NC(=O)CCc3ccccc3Cl)c2)cc1. The Morgan fingerprint density at radius 3 is 2.13 bits per heavy atom. The van der Waals surface area contributed by atoms with E-state index in [2.05, 4.69) is 31.4 Å². The summed E-state index contributed by atoms with van der Waals surface area (Å²) in [5.41, 5.74) is 3.98. The van der Waals surface area contributed by atoms with Gasteiger partial charge in [-0.3, -0.25) is 9.59 Å². The fourth-order valence-corrected chi connectivity index (χ4v) is 3.40. The van der Waals surface area contributed by atoms with Gasteiger partial charge in [0.25, 0.3) is 5.91 Å². The van der Waals surface area contributed by atoms with E-state index in [0.29, 0.717) is 34.8 Å². The molecule has 0 fully saturated rings. The summed E-state index contributed by atoms with van der Waals surface area (Å²) in [7, 11) is 0. The Morgan fingerprint density at radius 1 is 0.839 bits per heavy atom. The monoisotopic (exact) mass is 434 g/mol. The van der Waals surface area contributed by atoms with E-state index in [-0.39, 0.29) is 17.2 Å². The van der Waals surface area contributed by atoms with Gasteiger partial charge in [0.1, 0.15) is 0 Å². The minimum absolute atomic E-state index is 0.0351. The van der Waals surface area contributed by atoms with Crippen molar-refractivity contribution in [1.82, 2.24) is 0 Å². The summed E-state index contributed by atoms with van der Waals surface area (Å²) in [6.45, 7) is 6.41. The van der Waals surface area contributed by atoms with Crippen molar-refractivity contribution in [2.24, 2.45) is 0 Å². The Balaban J connectivity index is 1.59. The van der Waals surface area contributed by atoms with E-state index >= 15 is 0 Å². The number of hydrogen-bond donors (Lipinski definition) is 2. The number of amides is 2. The molecule has 0 saturated carbocycles. The van der Waals surface area contributed by atoms with Gasteiger partial charge in [0, 0.05) is 28.4 Å². The Hall–Kier alpha value is -3.11. The van der Waals surface area contributed by atoms with E-state index in [1.165, 1.54) is 5.56 Å². The van der Waals surface area contributed by atoms with Crippen molar-refractivity contribution < 1.29 is 9.59 Å². The highest BCUT2D eigenvalue weighted by atomic mass is 35.5. The molecule has 0 radical (unpaired) electrons. The molecule has 4 nitrogen and oxygen atoms in total. The van der Waals surface area contributed by atoms with Crippen molar-refractivity contribution in [3.05, 3.63) is 94.5 Å². The molecule has 0 spiro atoms. The van der Waals surface area contributed by atoms with Gasteiger partial charge in [-0.2, -0.15) is 0 Å². The lowest BCUT2D eigenvalue weighted by molar-refractivity contribution is -0.116. The van der Waals surface area contributed by atoms with E-state index in [4.69, 9.17) is 11.6 Å². The van der Waals surface area contributed by atoms with Gasteiger partial charge < -0.3 is 10.6 Å². The first-order valence-electron chi connectivity index (χ1n) is 10.3. The van der Waals surface area contributed by atoms with Gasteiger partial charge in [-0.15, -0.1) is 0 Å². The third-order valence-corrected chi connectivity index (χ3v) is 5.37. The minimum Gasteiger partial charge on any atom is -0.326 e. The van der Waals surface area contributed by atoms with Crippen LogP contribution in [0, 0.1) is 0 Å². The zero-order valence-electron chi connectivity index (χ0n) is 18.0. The average Bonchev–Trinajstić information content (AvgIpc) is 2.73. The third-order valence-electron chi connectivity index (χ3n) is 5.00. The van der Waals surface area contributed by atoms with Crippen molar-refractivity contribution in [1.29, 1.82) is 0 Å². The molecule has 0 unspecified atom stereocenters. The highest BCUT2D eigenvalue weighted by Crippen LogP contribution is 2.23. The zero-order chi connectivity index (χ0) is 22.4. The maximum atomic E-state index is 12.6. The third kappa shape index (κ3) is 6.43. The number of hydrogen-bond acceptors (Lipinski definition) is 2. The van der Waals surface area contributed by atoms with E-state index in [1.54, 1.807) is 24.3 Å². The molecule has 160 valence electrons. The summed E-state index contributed by atoms with van der Waals surface area (Å²) < 4.78 is 0. The molecule has 0 aliphatic rings. The first kappa shape index (κ1) is 22.6. The second-order valence-corrected chi connectivity index (χ2v) is 8.91. The van der Waals surface area contributed by atoms with Crippen molar-refractivity contribution in [2.45, 2.75) is 39.0 Å². The fourth-order valence-electron chi connectivity index (χ4n) is 3.17. The molecule has 0 aromatic heterocycles. The van der Waals surface area contributed by atoms with E-state index in [0.717, 1.165) is 5.56 Å². The van der Waals surface area contributed by atoms with Gasteiger partial charge >= 0.3 is 0 Å². The van der Waals surface area contributed by atoms with Crippen LogP contribution in [-0.4, -0.2) is 11.8 Å². The van der Waals surface area contributed by atoms with Gasteiger partial charge in [0.05, 0.1) is 0 Å². The Labute approximate surface area is 188 Å². The van der Waals surface area contributed by atoms with E-state index < -0.39 is 0 Å². The summed E-state index contributed by atoms with van der Waals surface area (Å²) in [5, 5.41) is 6.43. The van der Waals surface area contributed by atoms with Crippen LogP contribution in [-0.2, 0) is 16.6 Å². The molecule has 0 bridgehead atoms. The van der Waals surface area contributed by atoms with Gasteiger partial charge in [-0.25, -0.2) is 0 Å². The topological polar surface area (TPSA) is 58.2 Å². The first-order chi connectivity index (χ1) is 14.7. The number of carbonyl (C=O) groups excluding carboxylic acids is 2.